The van der Waals surface area contributed by atoms with Gasteiger partial charge >= 0.3 is 5.97 Å². The summed E-state index contributed by atoms with van der Waals surface area (Å²) in [5, 5.41) is 8.90. The van der Waals surface area contributed by atoms with Crippen LogP contribution in [0.3, 0.4) is 0 Å². The van der Waals surface area contributed by atoms with Crippen LogP contribution in [-0.4, -0.2) is 28.5 Å². The van der Waals surface area contributed by atoms with Crippen molar-refractivity contribution in [2.75, 3.05) is 17.2 Å². The fraction of sp³-hybridized carbons (Fsp3) is 0.300. The number of pyridine rings is 1. The van der Waals surface area contributed by atoms with Crippen molar-refractivity contribution in [1.29, 1.82) is 0 Å². The minimum Gasteiger partial charge on any atom is -0.481 e. The molecule has 17 heavy (non-hydrogen) atoms. The van der Waals surface area contributed by atoms with E-state index >= 15 is 0 Å². The number of halogens is 1. The van der Waals surface area contributed by atoms with Gasteiger partial charge in [0, 0.05) is 19.2 Å². The van der Waals surface area contributed by atoms with Crippen LogP contribution in [0.15, 0.2) is 16.9 Å². The van der Waals surface area contributed by atoms with Gasteiger partial charge in [-0.2, -0.15) is 0 Å². The van der Waals surface area contributed by atoms with Gasteiger partial charge in [0.25, 0.3) is 0 Å². The molecule has 7 heteroatoms. The number of hydrogen-bond acceptors (Lipinski definition) is 4. The first-order valence-electron chi connectivity index (χ1n) is 4.93. The number of aromatic nitrogens is 1. The summed E-state index contributed by atoms with van der Waals surface area (Å²) in [6, 6.07) is 0. The van der Waals surface area contributed by atoms with Gasteiger partial charge in [-0.25, -0.2) is 0 Å². The molecule has 3 N–H and O–H groups in total. The Morgan fingerprint density at radius 3 is 2.82 bits per heavy atom. The molecule has 1 fully saturated rings. The van der Waals surface area contributed by atoms with Gasteiger partial charge < -0.3 is 15.7 Å². The first-order chi connectivity index (χ1) is 8.00. The summed E-state index contributed by atoms with van der Waals surface area (Å²) < 4.78 is 0.580. The number of hydrogen-bond donors (Lipinski definition) is 2. The summed E-state index contributed by atoms with van der Waals surface area (Å²) in [5.41, 5.74) is 6.59. The molecule has 1 aliphatic heterocycles. The lowest BCUT2D eigenvalue weighted by Gasteiger charge is -2.19. The van der Waals surface area contributed by atoms with Gasteiger partial charge in [0.15, 0.2) is 0 Å². The molecule has 2 heterocycles. The highest BCUT2D eigenvalue weighted by molar-refractivity contribution is 9.10. The van der Waals surface area contributed by atoms with Crippen molar-refractivity contribution in [3.8, 4) is 0 Å². The highest BCUT2D eigenvalue weighted by atomic mass is 79.9. The molecule has 1 aromatic heterocycles. The average molecular weight is 300 g/mol. The zero-order valence-electron chi connectivity index (χ0n) is 8.76. The van der Waals surface area contributed by atoms with E-state index in [1.807, 2.05) is 0 Å². The number of nitrogens with two attached hydrogens (primary N) is 1. The standard InChI is InChI=1S/C10H10BrN3O3/c11-6-2-13-3-7(12)9(6)14-4-5(10(16)17)1-8(14)15/h2-3,5H,1,4,12H2,(H,16,17). The summed E-state index contributed by atoms with van der Waals surface area (Å²) in [7, 11) is 0. The van der Waals surface area contributed by atoms with Crippen molar-refractivity contribution in [3.05, 3.63) is 16.9 Å². The lowest BCUT2D eigenvalue weighted by Crippen LogP contribution is -2.27. The number of nitrogens with zero attached hydrogens (tertiary/aromatic N) is 2. The lowest BCUT2D eigenvalue weighted by atomic mass is 10.1. The number of rotatable bonds is 2. The molecule has 0 aliphatic carbocycles. The van der Waals surface area contributed by atoms with Crippen LogP contribution in [0.25, 0.3) is 0 Å². The topological polar surface area (TPSA) is 96.5 Å². The molecule has 1 amide bonds. The molecular weight excluding hydrogens is 290 g/mol. The Morgan fingerprint density at radius 2 is 2.29 bits per heavy atom. The molecule has 1 aromatic rings. The van der Waals surface area contributed by atoms with Crippen molar-refractivity contribution < 1.29 is 14.7 Å². The number of amides is 1. The van der Waals surface area contributed by atoms with Crippen LogP contribution in [0.2, 0.25) is 0 Å². The van der Waals surface area contributed by atoms with Crippen LogP contribution in [0.1, 0.15) is 6.42 Å². The lowest BCUT2D eigenvalue weighted by molar-refractivity contribution is -0.141. The van der Waals surface area contributed by atoms with Gasteiger partial charge in [0.1, 0.15) is 0 Å². The highest BCUT2D eigenvalue weighted by Gasteiger charge is 2.36. The third-order valence-corrected chi connectivity index (χ3v) is 3.23. The first-order valence-corrected chi connectivity index (χ1v) is 5.72. The van der Waals surface area contributed by atoms with Crippen LogP contribution in [0.5, 0.6) is 0 Å². The summed E-state index contributed by atoms with van der Waals surface area (Å²) in [6.07, 6.45) is 2.96. The maximum absolute atomic E-state index is 11.8. The molecule has 0 spiro atoms. The number of nitrogen functional groups attached to an aromatic ring is 1. The van der Waals surface area contributed by atoms with E-state index in [0.29, 0.717) is 15.8 Å². The molecule has 1 saturated heterocycles. The SMILES string of the molecule is Nc1cncc(Br)c1N1CC(C(=O)O)CC1=O. The zero-order chi connectivity index (χ0) is 12.6. The quantitative estimate of drug-likeness (QED) is 0.844. The molecule has 0 saturated carbocycles. The highest BCUT2D eigenvalue weighted by Crippen LogP contribution is 2.35. The maximum Gasteiger partial charge on any atom is 0.308 e. The predicted octanol–water partition coefficient (Wildman–Crippen LogP) is 0.864. The number of carbonyl (C=O) groups is 2. The van der Waals surface area contributed by atoms with E-state index in [9.17, 15) is 9.59 Å². The molecule has 0 bridgehead atoms. The molecule has 0 aromatic carbocycles. The molecule has 1 unspecified atom stereocenters. The number of carboxylic acids is 1. The van der Waals surface area contributed by atoms with Gasteiger partial charge in [-0.15, -0.1) is 0 Å². The van der Waals surface area contributed by atoms with Gasteiger partial charge in [-0.05, 0) is 15.9 Å². The van der Waals surface area contributed by atoms with E-state index in [-0.39, 0.29) is 18.9 Å². The van der Waals surface area contributed by atoms with Crippen LogP contribution in [0, 0.1) is 5.92 Å². The zero-order valence-corrected chi connectivity index (χ0v) is 10.3. The van der Waals surface area contributed by atoms with E-state index in [1.165, 1.54) is 17.3 Å². The third kappa shape index (κ3) is 2.10. The number of carboxylic acid groups (broad SMARTS) is 1. The minimum atomic E-state index is -0.968. The van der Waals surface area contributed by atoms with Crippen LogP contribution in [-0.2, 0) is 9.59 Å². The average Bonchev–Trinajstić information content (AvgIpc) is 2.61. The molecule has 2 rings (SSSR count). The molecule has 90 valence electrons. The second kappa shape index (κ2) is 4.33. The van der Waals surface area contributed by atoms with Crippen LogP contribution in [0.4, 0.5) is 11.4 Å². The van der Waals surface area contributed by atoms with Crippen molar-refractivity contribution in [3.63, 3.8) is 0 Å². The minimum absolute atomic E-state index is 0.00351. The largest absolute Gasteiger partial charge is 0.481 e. The van der Waals surface area contributed by atoms with Crippen molar-refractivity contribution >= 4 is 39.2 Å². The van der Waals surface area contributed by atoms with Crippen molar-refractivity contribution in [2.45, 2.75) is 6.42 Å². The predicted molar refractivity (Wildman–Crippen MR) is 64.4 cm³/mol. The molecule has 0 radical (unpaired) electrons. The molecule has 6 nitrogen and oxygen atoms in total. The Balaban J connectivity index is 2.35. The Labute approximate surface area is 106 Å². The monoisotopic (exact) mass is 299 g/mol. The normalized spacial score (nSPS) is 19.7. The summed E-state index contributed by atoms with van der Waals surface area (Å²) in [4.78, 5) is 27.9. The van der Waals surface area contributed by atoms with Gasteiger partial charge in [0.2, 0.25) is 5.91 Å². The molecule has 1 atom stereocenters. The number of carbonyl (C=O) groups excluding carboxylic acids is 1. The van der Waals surface area contributed by atoms with Gasteiger partial charge in [-0.1, -0.05) is 0 Å². The van der Waals surface area contributed by atoms with Gasteiger partial charge in [-0.3, -0.25) is 14.6 Å². The van der Waals surface area contributed by atoms with E-state index in [2.05, 4.69) is 20.9 Å². The second-order valence-electron chi connectivity index (χ2n) is 3.80. The summed E-state index contributed by atoms with van der Waals surface area (Å²) in [5.74, 6) is -1.89. The fourth-order valence-electron chi connectivity index (χ4n) is 1.82. The van der Waals surface area contributed by atoms with E-state index in [4.69, 9.17) is 10.8 Å². The van der Waals surface area contributed by atoms with E-state index < -0.39 is 11.9 Å². The maximum atomic E-state index is 11.8. The smallest absolute Gasteiger partial charge is 0.308 e. The first kappa shape index (κ1) is 11.8. The van der Waals surface area contributed by atoms with E-state index in [0.717, 1.165) is 0 Å². The van der Waals surface area contributed by atoms with Crippen LogP contribution >= 0.6 is 15.9 Å². The van der Waals surface area contributed by atoms with Crippen molar-refractivity contribution in [1.82, 2.24) is 4.98 Å². The number of anilines is 2. The second-order valence-corrected chi connectivity index (χ2v) is 4.66. The Kier molecular flexibility index (Phi) is 3.01. The summed E-state index contributed by atoms with van der Waals surface area (Å²) >= 11 is 3.26. The fourth-order valence-corrected chi connectivity index (χ4v) is 2.38. The van der Waals surface area contributed by atoms with Crippen LogP contribution < -0.4 is 10.6 Å². The molecular formula is C10H10BrN3O3. The Morgan fingerprint density at radius 1 is 1.59 bits per heavy atom. The number of aliphatic carboxylic acids is 1. The molecule has 1 aliphatic rings. The Hall–Kier alpha value is -1.63. The Bertz CT molecular complexity index is 471. The van der Waals surface area contributed by atoms with E-state index in [1.54, 1.807) is 0 Å². The summed E-state index contributed by atoms with van der Waals surface area (Å²) in [6.45, 7) is 0.140. The van der Waals surface area contributed by atoms with Gasteiger partial charge in [0.05, 0.1) is 28.0 Å². The third-order valence-electron chi connectivity index (χ3n) is 2.65. The van der Waals surface area contributed by atoms with Crippen molar-refractivity contribution in [2.24, 2.45) is 5.92 Å².